The molecular weight excluding hydrogens is 259 g/mol. The van der Waals surface area contributed by atoms with E-state index in [0.717, 1.165) is 30.8 Å². The average molecular weight is 273 g/mol. The summed E-state index contributed by atoms with van der Waals surface area (Å²) in [5.41, 5.74) is 3.68. The zero-order chi connectivity index (χ0) is 12.3. The number of hydrazine groups is 1. The molecule has 17 heavy (non-hydrogen) atoms. The monoisotopic (exact) mass is 272 g/mol. The second-order valence-corrected chi connectivity index (χ2v) is 4.68. The summed E-state index contributed by atoms with van der Waals surface area (Å²) in [6.45, 7) is 0.728. The van der Waals surface area contributed by atoms with Crippen molar-refractivity contribution in [1.82, 2.24) is 5.43 Å². The lowest BCUT2D eigenvalue weighted by atomic mass is 10.0. The van der Waals surface area contributed by atoms with E-state index < -0.39 is 0 Å². The van der Waals surface area contributed by atoms with Crippen LogP contribution in [0.1, 0.15) is 24.4 Å². The standard InChI is InChI=1S/C12H14Cl2N2O/c13-9-5-4-8(7-10(9)14)12(16-15)11-3-1-2-6-17-11/h3-5,7,12,16H,1-2,6,15H2. The zero-order valence-electron chi connectivity index (χ0n) is 9.25. The van der Waals surface area contributed by atoms with Gasteiger partial charge in [-0.25, -0.2) is 5.43 Å². The van der Waals surface area contributed by atoms with Crippen molar-refractivity contribution in [3.8, 4) is 0 Å². The van der Waals surface area contributed by atoms with Crippen LogP contribution < -0.4 is 11.3 Å². The van der Waals surface area contributed by atoms with Crippen molar-refractivity contribution in [3.63, 3.8) is 0 Å². The van der Waals surface area contributed by atoms with E-state index in [-0.39, 0.29) is 6.04 Å². The Labute approximate surface area is 111 Å². The molecule has 0 bridgehead atoms. The first-order valence-corrected chi connectivity index (χ1v) is 6.22. The zero-order valence-corrected chi connectivity index (χ0v) is 10.8. The average Bonchev–Trinajstić information content (AvgIpc) is 2.36. The molecule has 0 amide bonds. The summed E-state index contributed by atoms with van der Waals surface area (Å²) in [6.07, 6.45) is 4.10. The topological polar surface area (TPSA) is 47.3 Å². The summed E-state index contributed by atoms with van der Waals surface area (Å²) in [5, 5.41) is 1.05. The van der Waals surface area contributed by atoms with Gasteiger partial charge >= 0.3 is 0 Å². The van der Waals surface area contributed by atoms with Crippen LogP contribution in [0, 0.1) is 0 Å². The van der Waals surface area contributed by atoms with Crippen molar-refractivity contribution in [2.45, 2.75) is 18.9 Å². The van der Waals surface area contributed by atoms with Crippen LogP contribution in [0.5, 0.6) is 0 Å². The molecular formula is C12H14Cl2N2O. The van der Waals surface area contributed by atoms with Gasteiger partial charge in [-0.15, -0.1) is 0 Å². The Morgan fingerprint density at radius 2 is 2.12 bits per heavy atom. The molecule has 92 valence electrons. The van der Waals surface area contributed by atoms with Gasteiger partial charge in [0, 0.05) is 0 Å². The first-order valence-electron chi connectivity index (χ1n) is 5.46. The van der Waals surface area contributed by atoms with Crippen molar-refractivity contribution in [1.29, 1.82) is 0 Å². The van der Waals surface area contributed by atoms with E-state index in [4.69, 9.17) is 33.8 Å². The maximum Gasteiger partial charge on any atom is 0.115 e. The lowest BCUT2D eigenvalue weighted by molar-refractivity contribution is 0.168. The molecule has 0 aliphatic carbocycles. The number of hydrogen-bond acceptors (Lipinski definition) is 3. The summed E-state index contributed by atoms with van der Waals surface area (Å²) >= 11 is 11.9. The second kappa shape index (κ2) is 5.74. The predicted octanol–water partition coefficient (Wildman–Crippen LogP) is 3.19. The van der Waals surface area contributed by atoms with Gasteiger partial charge < -0.3 is 4.74 Å². The number of allylic oxidation sites excluding steroid dienone is 1. The molecule has 1 unspecified atom stereocenters. The molecule has 1 atom stereocenters. The highest BCUT2D eigenvalue weighted by molar-refractivity contribution is 6.42. The fraction of sp³-hybridized carbons (Fsp3) is 0.333. The maximum absolute atomic E-state index is 5.99. The van der Waals surface area contributed by atoms with Gasteiger partial charge in [-0.05, 0) is 36.6 Å². The molecule has 1 aliphatic heterocycles. The molecule has 5 heteroatoms. The van der Waals surface area contributed by atoms with Crippen molar-refractivity contribution in [3.05, 3.63) is 45.6 Å². The Morgan fingerprint density at radius 1 is 1.29 bits per heavy atom. The van der Waals surface area contributed by atoms with Crippen molar-refractivity contribution >= 4 is 23.2 Å². The molecule has 0 fully saturated rings. The number of benzene rings is 1. The van der Waals surface area contributed by atoms with E-state index in [1.165, 1.54) is 0 Å². The summed E-state index contributed by atoms with van der Waals surface area (Å²) < 4.78 is 5.60. The molecule has 3 nitrogen and oxygen atoms in total. The van der Waals surface area contributed by atoms with E-state index in [0.29, 0.717) is 10.0 Å². The molecule has 1 aromatic rings. The van der Waals surface area contributed by atoms with Crippen LogP contribution in [0.4, 0.5) is 0 Å². The van der Waals surface area contributed by atoms with Gasteiger partial charge in [0.05, 0.1) is 16.7 Å². The minimum atomic E-state index is -0.176. The third-order valence-corrected chi connectivity index (χ3v) is 3.43. The minimum absolute atomic E-state index is 0.176. The van der Waals surface area contributed by atoms with E-state index in [1.54, 1.807) is 12.1 Å². The van der Waals surface area contributed by atoms with E-state index in [9.17, 15) is 0 Å². The third-order valence-electron chi connectivity index (χ3n) is 2.69. The van der Waals surface area contributed by atoms with Crippen LogP contribution >= 0.6 is 23.2 Å². The van der Waals surface area contributed by atoms with E-state index in [2.05, 4.69) is 11.5 Å². The van der Waals surface area contributed by atoms with Crippen LogP contribution in [0.2, 0.25) is 10.0 Å². The number of rotatable bonds is 3. The van der Waals surface area contributed by atoms with Gasteiger partial charge in [-0.2, -0.15) is 0 Å². The lowest BCUT2D eigenvalue weighted by Crippen LogP contribution is -2.31. The molecule has 3 N–H and O–H groups in total. The number of nitrogens with one attached hydrogen (secondary N) is 1. The number of halogens is 2. The van der Waals surface area contributed by atoms with Crippen molar-refractivity contribution in [2.75, 3.05) is 6.61 Å². The maximum atomic E-state index is 5.99. The summed E-state index contributed by atoms with van der Waals surface area (Å²) in [5.74, 6) is 6.42. The van der Waals surface area contributed by atoms with Gasteiger partial charge in [0.15, 0.2) is 0 Å². The molecule has 1 aromatic carbocycles. The summed E-state index contributed by atoms with van der Waals surface area (Å²) in [6, 6.07) is 5.27. The fourth-order valence-corrected chi connectivity index (χ4v) is 2.12. The number of hydrogen-bond donors (Lipinski definition) is 2. The molecule has 0 radical (unpaired) electrons. The third kappa shape index (κ3) is 2.93. The summed E-state index contributed by atoms with van der Waals surface area (Å²) in [7, 11) is 0. The molecule has 2 rings (SSSR count). The van der Waals surface area contributed by atoms with E-state index in [1.807, 2.05) is 6.07 Å². The first kappa shape index (κ1) is 12.7. The highest BCUT2D eigenvalue weighted by atomic mass is 35.5. The second-order valence-electron chi connectivity index (χ2n) is 3.87. The van der Waals surface area contributed by atoms with Gasteiger partial charge in [0.1, 0.15) is 11.8 Å². The van der Waals surface area contributed by atoms with Crippen LogP contribution in [0.25, 0.3) is 0 Å². The smallest absolute Gasteiger partial charge is 0.115 e. The van der Waals surface area contributed by atoms with Crippen molar-refractivity contribution < 1.29 is 4.74 Å². The first-order chi connectivity index (χ1) is 8.22. The SMILES string of the molecule is NNC(C1=CCCCO1)c1ccc(Cl)c(Cl)c1. The van der Waals surface area contributed by atoms with Gasteiger partial charge in [-0.1, -0.05) is 29.3 Å². The van der Waals surface area contributed by atoms with Crippen molar-refractivity contribution in [2.24, 2.45) is 5.84 Å². The largest absolute Gasteiger partial charge is 0.496 e. The summed E-state index contributed by atoms with van der Waals surface area (Å²) in [4.78, 5) is 0. The predicted molar refractivity (Wildman–Crippen MR) is 69.8 cm³/mol. The molecule has 0 saturated heterocycles. The fourth-order valence-electron chi connectivity index (χ4n) is 1.81. The molecule has 1 aliphatic rings. The Bertz CT molecular complexity index is 435. The highest BCUT2D eigenvalue weighted by Gasteiger charge is 2.19. The molecule has 0 saturated carbocycles. The number of nitrogens with two attached hydrogens (primary N) is 1. The highest BCUT2D eigenvalue weighted by Crippen LogP contribution is 2.30. The van der Waals surface area contributed by atoms with Crippen LogP contribution in [-0.2, 0) is 4.74 Å². The van der Waals surface area contributed by atoms with Crippen LogP contribution in [-0.4, -0.2) is 6.61 Å². The van der Waals surface area contributed by atoms with Gasteiger partial charge in [0.25, 0.3) is 0 Å². The van der Waals surface area contributed by atoms with Crippen LogP contribution in [0.3, 0.4) is 0 Å². The Morgan fingerprint density at radius 3 is 2.71 bits per heavy atom. The molecule has 1 heterocycles. The van der Waals surface area contributed by atoms with Crippen LogP contribution in [0.15, 0.2) is 30.0 Å². The molecule has 0 spiro atoms. The quantitative estimate of drug-likeness (QED) is 0.656. The molecule has 0 aromatic heterocycles. The Balaban J connectivity index is 2.28. The minimum Gasteiger partial charge on any atom is -0.496 e. The van der Waals surface area contributed by atoms with Gasteiger partial charge in [0.2, 0.25) is 0 Å². The Kier molecular flexibility index (Phi) is 4.29. The number of ether oxygens (including phenoxy) is 1. The lowest BCUT2D eigenvalue weighted by Gasteiger charge is -2.23. The Hall–Kier alpha value is -0.740. The van der Waals surface area contributed by atoms with E-state index >= 15 is 0 Å². The normalized spacial score (nSPS) is 17.2. The van der Waals surface area contributed by atoms with Gasteiger partial charge in [-0.3, -0.25) is 5.84 Å².